The Balaban J connectivity index is 2.31. The third-order valence-electron chi connectivity index (χ3n) is 2.70. The molecule has 0 spiro atoms. The maximum atomic E-state index is 12.6. The lowest BCUT2D eigenvalue weighted by atomic mass is 10.1. The number of thioether (sulfide) groups is 1. The highest BCUT2D eigenvalue weighted by atomic mass is 32.2. The van der Waals surface area contributed by atoms with E-state index in [-0.39, 0.29) is 12.5 Å². The number of thiocarbonyl (C=S) groups is 1. The van der Waals surface area contributed by atoms with Gasteiger partial charge >= 0.3 is 6.18 Å². The summed E-state index contributed by atoms with van der Waals surface area (Å²) < 4.78 is 38.3. The van der Waals surface area contributed by atoms with E-state index in [0.29, 0.717) is 14.8 Å². The highest BCUT2D eigenvalue weighted by Gasteiger charge is 2.32. The molecule has 0 bridgehead atoms. The Morgan fingerprint density at radius 1 is 1.38 bits per heavy atom. The number of nitrogens with zero attached hydrogens (tertiary/aromatic N) is 1. The van der Waals surface area contributed by atoms with Gasteiger partial charge in [-0.15, -0.1) is 6.58 Å². The molecule has 1 saturated heterocycles. The Hall–Kier alpha value is -1.60. The molecule has 21 heavy (non-hydrogen) atoms. The van der Waals surface area contributed by atoms with Crippen molar-refractivity contribution in [2.45, 2.75) is 6.18 Å². The fourth-order valence-electron chi connectivity index (χ4n) is 1.74. The molecule has 7 heteroatoms. The highest BCUT2D eigenvalue weighted by Crippen LogP contribution is 2.34. The minimum absolute atomic E-state index is 0.282. The quantitative estimate of drug-likeness (QED) is 0.473. The molecule has 1 heterocycles. The monoisotopic (exact) mass is 329 g/mol. The molecule has 1 aliphatic heterocycles. The van der Waals surface area contributed by atoms with Crippen LogP contribution in [-0.4, -0.2) is 21.7 Å². The fourth-order valence-corrected chi connectivity index (χ4v) is 3.02. The number of rotatable bonds is 3. The van der Waals surface area contributed by atoms with Gasteiger partial charge in [0.2, 0.25) is 0 Å². The van der Waals surface area contributed by atoms with Crippen molar-refractivity contribution in [2.75, 3.05) is 6.54 Å². The van der Waals surface area contributed by atoms with E-state index in [9.17, 15) is 18.0 Å². The molecule has 110 valence electrons. The summed E-state index contributed by atoms with van der Waals surface area (Å²) in [7, 11) is 0. The van der Waals surface area contributed by atoms with Gasteiger partial charge in [0, 0.05) is 6.54 Å². The molecular formula is C14H10F3NOS2. The van der Waals surface area contributed by atoms with Crippen LogP contribution in [0.2, 0.25) is 0 Å². The van der Waals surface area contributed by atoms with Crippen LogP contribution in [0.15, 0.2) is 41.8 Å². The summed E-state index contributed by atoms with van der Waals surface area (Å²) >= 11 is 6.13. The molecule has 0 aromatic heterocycles. The zero-order valence-electron chi connectivity index (χ0n) is 10.7. The Bertz CT molecular complexity index is 637. The SMILES string of the molecule is C=CCN1C(=O)/C(=C/c2cccc(C(F)(F)F)c2)SC1=S. The van der Waals surface area contributed by atoms with E-state index in [1.165, 1.54) is 29.2 Å². The van der Waals surface area contributed by atoms with Crippen molar-refractivity contribution in [3.63, 3.8) is 0 Å². The minimum atomic E-state index is -4.41. The maximum absolute atomic E-state index is 12.6. The van der Waals surface area contributed by atoms with Crippen LogP contribution in [0.4, 0.5) is 13.2 Å². The summed E-state index contributed by atoms with van der Waals surface area (Å²) in [6, 6.07) is 4.80. The van der Waals surface area contributed by atoms with E-state index in [1.54, 1.807) is 0 Å². The Kier molecular flexibility index (Phi) is 4.53. The lowest BCUT2D eigenvalue weighted by Crippen LogP contribution is -2.27. The summed E-state index contributed by atoms with van der Waals surface area (Å²) in [5.74, 6) is -0.317. The van der Waals surface area contributed by atoms with Crippen molar-refractivity contribution in [3.8, 4) is 0 Å². The van der Waals surface area contributed by atoms with Crippen LogP contribution in [0, 0.1) is 0 Å². The standard InChI is InChI=1S/C14H10F3NOS2/c1-2-6-18-12(19)11(21-13(18)20)8-9-4-3-5-10(7-9)14(15,16)17/h2-5,7-8H,1,6H2/b11-8-. The van der Waals surface area contributed by atoms with Crippen LogP contribution in [0.3, 0.4) is 0 Å². The second-order valence-electron chi connectivity index (χ2n) is 4.20. The van der Waals surface area contributed by atoms with E-state index in [1.807, 2.05) is 0 Å². The van der Waals surface area contributed by atoms with Gasteiger partial charge in [-0.3, -0.25) is 9.69 Å². The average Bonchev–Trinajstić information content (AvgIpc) is 2.66. The van der Waals surface area contributed by atoms with E-state index in [2.05, 4.69) is 6.58 Å². The van der Waals surface area contributed by atoms with Gasteiger partial charge in [0.15, 0.2) is 0 Å². The normalized spacial score (nSPS) is 17.7. The van der Waals surface area contributed by atoms with Crippen molar-refractivity contribution in [2.24, 2.45) is 0 Å². The largest absolute Gasteiger partial charge is 0.416 e. The summed E-state index contributed by atoms with van der Waals surface area (Å²) in [6.45, 7) is 3.82. The summed E-state index contributed by atoms with van der Waals surface area (Å²) in [6.07, 6.45) is -1.46. The number of alkyl halides is 3. The van der Waals surface area contributed by atoms with Gasteiger partial charge in [0.05, 0.1) is 10.5 Å². The molecule has 0 radical (unpaired) electrons. The van der Waals surface area contributed by atoms with Gasteiger partial charge in [-0.25, -0.2) is 0 Å². The van der Waals surface area contributed by atoms with Gasteiger partial charge in [0.1, 0.15) is 4.32 Å². The van der Waals surface area contributed by atoms with Gasteiger partial charge in [-0.2, -0.15) is 13.2 Å². The van der Waals surface area contributed by atoms with Gasteiger partial charge < -0.3 is 0 Å². The highest BCUT2D eigenvalue weighted by molar-refractivity contribution is 8.26. The van der Waals surface area contributed by atoms with E-state index in [0.717, 1.165) is 23.9 Å². The molecule has 1 fully saturated rings. The first kappa shape index (κ1) is 15.8. The molecule has 2 nitrogen and oxygen atoms in total. The molecule has 0 unspecified atom stereocenters. The van der Waals surface area contributed by atoms with Crippen LogP contribution >= 0.6 is 24.0 Å². The summed E-state index contributed by atoms with van der Waals surface area (Å²) in [5.41, 5.74) is -0.443. The summed E-state index contributed by atoms with van der Waals surface area (Å²) in [5, 5.41) is 0. The molecule has 1 aromatic carbocycles. The second-order valence-corrected chi connectivity index (χ2v) is 5.88. The number of hydrogen-bond acceptors (Lipinski definition) is 3. The number of halogens is 3. The lowest BCUT2D eigenvalue weighted by molar-refractivity contribution is -0.137. The molecule has 2 rings (SSSR count). The molecule has 0 atom stereocenters. The minimum Gasteiger partial charge on any atom is -0.289 e. The molecule has 0 saturated carbocycles. The van der Waals surface area contributed by atoms with Crippen LogP contribution in [-0.2, 0) is 11.0 Å². The van der Waals surface area contributed by atoms with E-state index < -0.39 is 11.7 Å². The average molecular weight is 329 g/mol. The van der Waals surface area contributed by atoms with Crippen molar-refractivity contribution >= 4 is 40.3 Å². The summed E-state index contributed by atoms with van der Waals surface area (Å²) in [4.78, 5) is 13.7. The zero-order chi connectivity index (χ0) is 15.6. The molecule has 1 aromatic rings. The Morgan fingerprint density at radius 2 is 2.10 bits per heavy atom. The number of hydrogen-bond donors (Lipinski definition) is 0. The number of amides is 1. The van der Waals surface area contributed by atoms with Crippen molar-refractivity contribution in [1.82, 2.24) is 4.90 Å². The predicted molar refractivity (Wildman–Crippen MR) is 81.5 cm³/mol. The smallest absolute Gasteiger partial charge is 0.289 e. The third kappa shape index (κ3) is 3.54. The Morgan fingerprint density at radius 3 is 2.71 bits per heavy atom. The fraction of sp³-hybridized carbons (Fsp3) is 0.143. The molecule has 1 amide bonds. The lowest BCUT2D eigenvalue weighted by Gasteiger charge is -2.10. The second kappa shape index (κ2) is 6.03. The van der Waals surface area contributed by atoms with Crippen molar-refractivity contribution < 1.29 is 18.0 Å². The van der Waals surface area contributed by atoms with E-state index >= 15 is 0 Å². The first-order valence-electron chi connectivity index (χ1n) is 5.86. The Labute approximate surface area is 129 Å². The van der Waals surface area contributed by atoms with Gasteiger partial charge in [-0.1, -0.05) is 42.2 Å². The molecular weight excluding hydrogens is 319 g/mol. The van der Waals surface area contributed by atoms with Crippen LogP contribution in [0.25, 0.3) is 6.08 Å². The van der Waals surface area contributed by atoms with Gasteiger partial charge in [-0.05, 0) is 23.8 Å². The predicted octanol–water partition coefficient (Wildman–Crippen LogP) is 4.09. The number of carbonyl (C=O) groups is 1. The molecule has 0 N–H and O–H groups in total. The van der Waals surface area contributed by atoms with Gasteiger partial charge in [0.25, 0.3) is 5.91 Å². The first-order valence-corrected chi connectivity index (χ1v) is 7.09. The van der Waals surface area contributed by atoms with Crippen molar-refractivity contribution in [1.29, 1.82) is 0 Å². The maximum Gasteiger partial charge on any atom is 0.416 e. The van der Waals surface area contributed by atoms with Crippen LogP contribution in [0.5, 0.6) is 0 Å². The number of benzene rings is 1. The van der Waals surface area contributed by atoms with Crippen molar-refractivity contribution in [3.05, 3.63) is 53.0 Å². The number of carbonyl (C=O) groups excluding carboxylic acids is 1. The topological polar surface area (TPSA) is 20.3 Å². The van der Waals surface area contributed by atoms with E-state index in [4.69, 9.17) is 12.2 Å². The first-order chi connectivity index (χ1) is 9.82. The molecule has 0 aliphatic carbocycles. The molecule has 1 aliphatic rings. The van der Waals surface area contributed by atoms with Crippen LogP contribution < -0.4 is 0 Å². The third-order valence-corrected chi connectivity index (χ3v) is 4.07. The van der Waals surface area contributed by atoms with Crippen LogP contribution in [0.1, 0.15) is 11.1 Å². The zero-order valence-corrected chi connectivity index (χ0v) is 12.3.